The summed E-state index contributed by atoms with van der Waals surface area (Å²) in [5.74, 6) is -0.297. The number of nitrogens with zero attached hydrogens (tertiary/aromatic N) is 4. The van der Waals surface area contributed by atoms with Gasteiger partial charge in [-0.05, 0) is 38.0 Å². The van der Waals surface area contributed by atoms with Crippen molar-refractivity contribution in [3.63, 3.8) is 0 Å². The predicted molar refractivity (Wildman–Crippen MR) is 88.1 cm³/mol. The highest BCUT2D eigenvalue weighted by Crippen LogP contribution is 2.22. The average Bonchev–Trinajstić information content (AvgIpc) is 2.90. The molecular weight excluding hydrogens is 296 g/mol. The first-order valence-electron chi connectivity index (χ1n) is 7.03. The van der Waals surface area contributed by atoms with E-state index in [9.17, 15) is 4.79 Å². The standard InChI is InChI=1S/C16H18N4OS/c1-9-6-10(2)14-12(7-9)22-16(20(14)5)17-15(21)13-11(3)8-19(4)18-13/h6-8H,1-5H3. The third kappa shape index (κ3) is 2.39. The number of thiazole rings is 1. The molecule has 114 valence electrons. The van der Waals surface area contributed by atoms with Crippen LogP contribution in [0.3, 0.4) is 0 Å². The van der Waals surface area contributed by atoms with Crippen LogP contribution in [0.5, 0.6) is 0 Å². The van der Waals surface area contributed by atoms with Gasteiger partial charge in [0.05, 0.1) is 10.2 Å². The number of aryl methyl sites for hydroxylation is 5. The highest BCUT2D eigenvalue weighted by Gasteiger charge is 2.14. The summed E-state index contributed by atoms with van der Waals surface area (Å²) in [6.45, 7) is 6.02. The summed E-state index contributed by atoms with van der Waals surface area (Å²) in [5, 5.41) is 4.19. The van der Waals surface area contributed by atoms with E-state index in [0.717, 1.165) is 15.8 Å². The van der Waals surface area contributed by atoms with Crippen molar-refractivity contribution in [3.05, 3.63) is 45.5 Å². The van der Waals surface area contributed by atoms with Gasteiger partial charge in [-0.15, -0.1) is 0 Å². The van der Waals surface area contributed by atoms with Crippen LogP contribution in [0, 0.1) is 20.8 Å². The van der Waals surface area contributed by atoms with E-state index in [2.05, 4.69) is 36.1 Å². The molecule has 0 aliphatic heterocycles. The lowest BCUT2D eigenvalue weighted by Crippen LogP contribution is -2.14. The molecule has 0 saturated heterocycles. The highest BCUT2D eigenvalue weighted by molar-refractivity contribution is 7.16. The first-order valence-corrected chi connectivity index (χ1v) is 7.84. The zero-order valence-electron chi connectivity index (χ0n) is 13.3. The van der Waals surface area contributed by atoms with Crippen LogP contribution in [0.1, 0.15) is 27.2 Å². The second-order valence-electron chi connectivity index (χ2n) is 5.62. The number of hydrogen-bond acceptors (Lipinski definition) is 3. The molecule has 0 saturated carbocycles. The molecule has 1 aromatic carbocycles. The van der Waals surface area contributed by atoms with Crippen molar-refractivity contribution >= 4 is 27.5 Å². The fraction of sp³-hybridized carbons (Fsp3) is 0.312. The third-order valence-corrected chi connectivity index (χ3v) is 4.72. The Bertz CT molecular complexity index is 959. The maximum Gasteiger partial charge on any atom is 0.300 e. The molecular formula is C16H18N4OS. The minimum absolute atomic E-state index is 0.297. The van der Waals surface area contributed by atoms with Crippen molar-refractivity contribution in [1.82, 2.24) is 14.3 Å². The molecule has 1 amide bonds. The lowest BCUT2D eigenvalue weighted by atomic mass is 10.1. The van der Waals surface area contributed by atoms with Crippen molar-refractivity contribution in [2.24, 2.45) is 19.1 Å². The molecule has 0 atom stereocenters. The third-order valence-electron chi connectivity index (χ3n) is 3.64. The molecule has 2 aromatic heterocycles. The minimum atomic E-state index is -0.297. The van der Waals surface area contributed by atoms with Crippen LogP contribution in [0.25, 0.3) is 10.2 Å². The van der Waals surface area contributed by atoms with Gasteiger partial charge >= 0.3 is 0 Å². The monoisotopic (exact) mass is 314 g/mol. The summed E-state index contributed by atoms with van der Waals surface area (Å²) in [6, 6.07) is 4.27. The number of rotatable bonds is 1. The highest BCUT2D eigenvalue weighted by atomic mass is 32.1. The number of fused-ring (bicyclic) bond motifs is 1. The fourth-order valence-corrected chi connectivity index (χ4v) is 3.94. The van der Waals surface area contributed by atoms with Gasteiger partial charge in [-0.1, -0.05) is 17.4 Å². The molecule has 0 unspecified atom stereocenters. The molecule has 0 aliphatic rings. The molecule has 3 aromatic rings. The molecule has 2 heterocycles. The normalized spacial score (nSPS) is 12.3. The quantitative estimate of drug-likeness (QED) is 0.693. The topological polar surface area (TPSA) is 52.2 Å². The number of amides is 1. The Hall–Kier alpha value is -2.21. The second kappa shape index (κ2) is 5.21. The Kier molecular flexibility index (Phi) is 3.48. The summed E-state index contributed by atoms with van der Waals surface area (Å²) in [6.07, 6.45) is 1.82. The lowest BCUT2D eigenvalue weighted by molar-refractivity contribution is 0.0992. The van der Waals surface area contributed by atoms with Crippen molar-refractivity contribution in [3.8, 4) is 0 Å². The summed E-state index contributed by atoms with van der Waals surface area (Å²) in [4.78, 5) is 17.4. The second-order valence-corrected chi connectivity index (χ2v) is 6.63. The van der Waals surface area contributed by atoms with Gasteiger partial charge in [0.1, 0.15) is 0 Å². The van der Waals surface area contributed by atoms with Crippen molar-refractivity contribution in [2.45, 2.75) is 20.8 Å². The fourth-order valence-electron chi connectivity index (χ4n) is 2.75. The first-order chi connectivity index (χ1) is 10.4. The first kappa shape index (κ1) is 14.7. The van der Waals surface area contributed by atoms with Crippen molar-refractivity contribution in [1.29, 1.82) is 0 Å². The Morgan fingerprint density at radius 1 is 1.18 bits per heavy atom. The molecule has 0 bridgehead atoms. The number of carbonyl (C=O) groups excluding carboxylic acids is 1. The Morgan fingerprint density at radius 3 is 2.55 bits per heavy atom. The van der Waals surface area contributed by atoms with Gasteiger partial charge in [0.2, 0.25) is 0 Å². The van der Waals surface area contributed by atoms with E-state index in [-0.39, 0.29) is 5.91 Å². The van der Waals surface area contributed by atoms with E-state index in [0.29, 0.717) is 10.5 Å². The molecule has 3 rings (SSSR count). The predicted octanol–water partition coefficient (Wildman–Crippen LogP) is 2.64. The molecule has 0 N–H and O–H groups in total. The summed E-state index contributed by atoms with van der Waals surface area (Å²) >= 11 is 1.53. The zero-order valence-corrected chi connectivity index (χ0v) is 14.2. The summed E-state index contributed by atoms with van der Waals surface area (Å²) in [5.41, 5.74) is 4.78. The van der Waals surface area contributed by atoms with Crippen LogP contribution in [0.15, 0.2) is 23.3 Å². The smallest absolute Gasteiger partial charge is 0.300 e. The van der Waals surface area contributed by atoms with E-state index in [4.69, 9.17) is 0 Å². The Morgan fingerprint density at radius 2 is 1.91 bits per heavy atom. The molecule has 0 radical (unpaired) electrons. The van der Waals surface area contributed by atoms with Gasteiger partial charge in [0, 0.05) is 25.9 Å². The van der Waals surface area contributed by atoms with Gasteiger partial charge in [-0.3, -0.25) is 9.48 Å². The molecule has 0 aliphatic carbocycles. The zero-order chi connectivity index (χ0) is 16.0. The van der Waals surface area contributed by atoms with Gasteiger partial charge in [-0.2, -0.15) is 10.1 Å². The van der Waals surface area contributed by atoms with Gasteiger partial charge in [0.15, 0.2) is 10.5 Å². The number of benzene rings is 1. The van der Waals surface area contributed by atoms with Crippen LogP contribution in [-0.2, 0) is 14.1 Å². The SMILES string of the molecule is Cc1cc(C)c2c(c1)sc(=NC(=O)c1nn(C)cc1C)n2C. The molecule has 5 nitrogen and oxygen atoms in total. The molecule has 6 heteroatoms. The van der Waals surface area contributed by atoms with Crippen molar-refractivity contribution < 1.29 is 4.79 Å². The van der Waals surface area contributed by atoms with Gasteiger partial charge in [-0.25, -0.2) is 0 Å². The van der Waals surface area contributed by atoms with Crippen LogP contribution in [0.4, 0.5) is 0 Å². The van der Waals surface area contributed by atoms with Crippen LogP contribution in [0.2, 0.25) is 0 Å². The Balaban J connectivity index is 2.18. The van der Waals surface area contributed by atoms with E-state index in [1.165, 1.54) is 22.5 Å². The largest absolute Gasteiger partial charge is 0.319 e. The van der Waals surface area contributed by atoms with E-state index >= 15 is 0 Å². The van der Waals surface area contributed by atoms with E-state index in [1.807, 2.05) is 24.7 Å². The van der Waals surface area contributed by atoms with E-state index in [1.54, 1.807) is 11.7 Å². The van der Waals surface area contributed by atoms with Crippen LogP contribution in [-0.4, -0.2) is 20.3 Å². The van der Waals surface area contributed by atoms with Crippen molar-refractivity contribution in [2.75, 3.05) is 0 Å². The molecule has 22 heavy (non-hydrogen) atoms. The van der Waals surface area contributed by atoms with Gasteiger partial charge < -0.3 is 4.57 Å². The maximum absolute atomic E-state index is 12.4. The number of aromatic nitrogens is 3. The molecule has 0 fully saturated rings. The Labute approximate surface area is 132 Å². The summed E-state index contributed by atoms with van der Waals surface area (Å²) in [7, 11) is 3.74. The number of carbonyl (C=O) groups is 1. The van der Waals surface area contributed by atoms with Crippen LogP contribution >= 0.6 is 11.3 Å². The van der Waals surface area contributed by atoms with Crippen LogP contribution < -0.4 is 4.80 Å². The molecule has 0 spiro atoms. The lowest BCUT2D eigenvalue weighted by Gasteiger charge is -2.01. The number of hydrogen-bond donors (Lipinski definition) is 0. The maximum atomic E-state index is 12.4. The minimum Gasteiger partial charge on any atom is -0.319 e. The summed E-state index contributed by atoms with van der Waals surface area (Å²) < 4.78 is 4.76. The van der Waals surface area contributed by atoms with Gasteiger partial charge in [0.25, 0.3) is 5.91 Å². The van der Waals surface area contributed by atoms with E-state index < -0.39 is 0 Å². The average molecular weight is 314 g/mol.